The van der Waals surface area contributed by atoms with E-state index in [2.05, 4.69) is 0 Å². The Balaban J connectivity index is 0. The zero-order valence-corrected chi connectivity index (χ0v) is 7.72. The molecule has 0 atom stereocenters. The second kappa shape index (κ2) is 12.2. The van der Waals surface area contributed by atoms with Crippen LogP contribution in [0.15, 0.2) is 0 Å². The van der Waals surface area contributed by atoms with Crippen molar-refractivity contribution in [3.05, 3.63) is 0 Å². The highest BCUT2D eigenvalue weighted by atomic mass is 16.5. The van der Waals surface area contributed by atoms with Crippen molar-refractivity contribution in [2.24, 2.45) is 0 Å². The van der Waals surface area contributed by atoms with Crippen molar-refractivity contribution >= 4 is 13.8 Å². The molecule has 0 amide bonds. The number of carbonyl (C=O) groups is 1. The maximum Gasteiger partial charge on any atom is 0.305 e. The minimum absolute atomic E-state index is 0.105. The van der Waals surface area contributed by atoms with Gasteiger partial charge in [0.2, 0.25) is 0 Å². The highest BCUT2D eigenvalue weighted by molar-refractivity contribution is 6.08. The Morgan fingerprint density at radius 2 is 1.82 bits per heavy atom. The summed E-state index contributed by atoms with van der Waals surface area (Å²) in [6.07, 6.45) is 2.14. The van der Waals surface area contributed by atoms with Crippen LogP contribution < -0.4 is 0 Å². The third-order valence-electron chi connectivity index (χ3n) is 0.756. The van der Waals surface area contributed by atoms with Crippen LogP contribution in [0.3, 0.4) is 0 Å². The number of esters is 1. The molecule has 0 aliphatic carbocycles. The van der Waals surface area contributed by atoms with E-state index in [-0.39, 0.29) is 5.97 Å². The summed E-state index contributed by atoms with van der Waals surface area (Å²) < 4.78 is 4.70. The van der Waals surface area contributed by atoms with Crippen LogP contribution >= 0.6 is 0 Å². The monoisotopic (exact) mass is 156 g/mol. The number of hydrogen-bond donors (Lipinski definition) is 0. The highest BCUT2D eigenvalue weighted by Crippen LogP contribution is 1.85. The molecule has 0 rings (SSSR count). The van der Waals surface area contributed by atoms with E-state index in [1.807, 2.05) is 13.8 Å². The number of hydrogen-bond acceptors (Lipinski definition) is 2. The van der Waals surface area contributed by atoms with Crippen LogP contribution in [0.4, 0.5) is 0 Å². The van der Waals surface area contributed by atoms with Crippen LogP contribution in [-0.2, 0) is 9.53 Å². The maximum absolute atomic E-state index is 10.3. The Bertz CT molecular complexity index is 84.2. The van der Waals surface area contributed by atoms with Gasteiger partial charge in [-0.3, -0.25) is 4.79 Å². The van der Waals surface area contributed by atoms with Gasteiger partial charge in [0.25, 0.3) is 0 Å². The van der Waals surface area contributed by atoms with Crippen LogP contribution in [0.25, 0.3) is 0 Å². The zero-order valence-electron chi connectivity index (χ0n) is 7.72. The molecule has 0 aliphatic rings. The predicted molar refractivity (Wildman–Crippen MR) is 47.8 cm³/mol. The minimum Gasteiger partial charge on any atom is -0.466 e. The first-order valence-electron chi connectivity index (χ1n) is 4.08. The average molecular weight is 156 g/mol. The van der Waals surface area contributed by atoms with Crippen LogP contribution in [0.5, 0.6) is 0 Å². The normalized spacial score (nSPS) is 7.91. The summed E-state index contributed by atoms with van der Waals surface area (Å²) in [5.74, 6) is -0.105. The molecule has 2 radical (unpaired) electrons. The number of rotatable bonds is 3. The number of ether oxygens (including phenoxy) is 1. The third kappa shape index (κ3) is 17.7. The molecule has 0 aliphatic heterocycles. The molecular weight excluding hydrogens is 139 g/mol. The van der Waals surface area contributed by atoms with Gasteiger partial charge in [-0.15, -0.1) is 0 Å². The standard InChI is InChI=1S/C6H12O2.C2H5B/c1-3-5-8-6(7)4-2;1-2-3/h3-5H2,1-2H3;2H2,1H3. The number of carbonyl (C=O) groups excluding carboxylic acids is 1. The Kier molecular flexibility index (Phi) is 14.6. The molecule has 0 aromatic carbocycles. The molecule has 0 heterocycles. The summed E-state index contributed by atoms with van der Waals surface area (Å²) in [5.41, 5.74) is 0. The van der Waals surface area contributed by atoms with Gasteiger partial charge in [-0.25, -0.2) is 0 Å². The van der Waals surface area contributed by atoms with Crippen LogP contribution in [0.2, 0.25) is 6.32 Å². The Morgan fingerprint density at radius 1 is 1.36 bits per heavy atom. The van der Waals surface area contributed by atoms with E-state index in [4.69, 9.17) is 12.6 Å². The van der Waals surface area contributed by atoms with Crippen LogP contribution in [0, 0.1) is 0 Å². The predicted octanol–water partition coefficient (Wildman–Crippen LogP) is 1.94. The lowest BCUT2D eigenvalue weighted by Crippen LogP contribution is -2.02. The first-order chi connectivity index (χ1) is 5.22. The van der Waals surface area contributed by atoms with Crippen LogP contribution in [0.1, 0.15) is 33.6 Å². The molecule has 0 aromatic heterocycles. The van der Waals surface area contributed by atoms with Gasteiger partial charge in [0, 0.05) is 6.42 Å². The topological polar surface area (TPSA) is 26.3 Å². The first kappa shape index (κ1) is 13.1. The molecule has 0 fully saturated rings. The van der Waals surface area contributed by atoms with Gasteiger partial charge in [-0.1, -0.05) is 27.1 Å². The van der Waals surface area contributed by atoms with Gasteiger partial charge in [-0.2, -0.15) is 0 Å². The second-order valence-electron chi connectivity index (χ2n) is 1.98. The van der Waals surface area contributed by atoms with E-state index in [0.717, 1.165) is 12.7 Å². The fourth-order valence-corrected chi connectivity index (χ4v) is 0.318. The molecule has 2 nitrogen and oxygen atoms in total. The molecule has 0 bridgehead atoms. The third-order valence-corrected chi connectivity index (χ3v) is 0.756. The average Bonchev–Trinajstić information content (AvgIpc) is 2.02. The van der Waals surface area contributed by atoms with Gasteiger partial charge in [0.15, 0.2) is 0 Å². The fraction of sp³-hybridized carbons (Fsp3) is 0.875. The lowest BCUT2D eigenvalue weighted by atomic mass is 10.1. The molecular formula is C8H17BO2. The molecule has 0 N–H and O–H groups in total. The van der Waals surface area contributed by atoms with Gasteiger partial charge >= 0.3 is 5.97 Å². The zero-order chi connectivity index (χ0) is 9.11. The van der Waals surface area contributed by atoms with E-state index < -0.39 is 0 Å². The van der Waals surface area contributed by atoms with E-state index in [1.165, 1.54) is 0 Å². The van der Waals surface area contributed by atoms with E-state index in [0.29, 0.717) is 13.0 Å². The van der Waals surface area contributed by atoms with E-state index >= 15 is 0 Å². The SMILES string of the molecule is CCCOC(=O)CC.[B]CC. The Labute approximate surface area is 70.7 Å². The Morgan fingerprint density at radius 3 is 2.09 bits per heavy atom. The van der Waals surface area contributed by atoms with Crippen molar-refractivity contribution in [3.63, 3.8) is 0 Å². The van der Waals surface area contributed by atoms with Gasteiger partial charge in [0.1, 0.15) is 0 Å². The Hall–Kier alpha value is -0.465. The molecule has 0 saturated heterocycles. The molecule has 0 aromatic rings. The van der Waals surface area contributed by atoms with Crippen molar-refractivity contribution in [1.29, 1.82) is 0 Å². The molecule has 64 valence electrons. The lowest BCUT2D eigenvalue weighted by Gasteiger charge is -1.97. The summed E-state index contributed by atoms with van der Waals surface area (Å²) in [7, 11) is 4.85. The maximum atomic E-state index is 10.3. The van der Waals surface area contributed by atoms with Gasteiger partial charge in [0.05, 0.1) is 14.5 Å². The molecule has 0 spiro atoms. The van der Waals surface area contributed by atoms with Crippen molar-refractivity contribution in [2.75, 3.05) is 6.61 Å². The quantitative estimate of drug-likeness (QED) is 0.461. The highest BCUT2D eigenvalue weighted by Gasteiger charge is 1.93. The summed E-state index contributed by atoms with van der Waals surface area (Å²) in [6.45, 7) is 6.23. The van der Waals surface area contributed by atoms with Crippen molar-refractivity contribution < 1.29 is 9.53 Å². The van der Waals surface area contributed by atoms with Gasteiger partial charge in [-0.05, 0) is 6.42 Å². The second-order valence-corrected chi connectivity index (χ2v) is 1.98. The first-order valence-corrected chi connectivity index (χ1v) is 4.08. The molecule has 0 saturated carbocycles. The van der Waals surface area contributed by atoms with Crippen molar-refractivity contribution in [2.45, 2.75) is 39.9 Å². The smallest absolute Gasteiger partial charge is 0.305 e. The molecule has 3 heteroatoms. The van der Waals surface area contributed by atoms with Gasteiger partial charge < -0.3 is 4.74 Å². The summed E-state index contributed by atoms with van der Waals surface area (Å²) in [4.78, 5) is 10.3. The molecule has 11 heavy (non-hydrogen) atoms. The van der Waals surface area contributed by atoms with Crippen molar-refractivity contribution in [3.8, 4) is 0 Å². The lowest BCUT2D eigenvalue weighted by molar-refractivity contribution is -0.143. The largest absolute Gasteiger partial charge is 0.466 e. The van der Waals surface area contributed by atoms with Crippen molar-refractivity contribution in [1.82, 2.24) is 0 Å². The minimum atomic E-state index is -0.105. The summed E-state index contributed by atoms with van der Waals surface area (Å²) >= 11 is 0. The summed E-state index contributed by atoms with van der Waals surface area (Å²) in [6, 6.07) is 0. The van der Waals surface area contributed by atoms with E-state index in [9.17, 15) is 4.79 Å². The summed E-state index contributed by atoms with van der Waals surface area (Å²) in [5, 5.41) is 0. The van der Waals surface area contributed by atoms with Crippen LogP contribution in [-0.4, -0.2) is 20.4 Å². The van der Waals surface area contributed by atoms with E-state index in [1.54, 1.807) is 6.92 Å². The molecule has 0 unspecified atom stereocenters. The fourth-order valence-electron chi connectivity index (χ4n) is 0.318.